The maximum Gasteiger partial charge on any atom is 0.490 e. The van der Waals surface area contributed by atoms with E-state index in [2.05, 4.69) is 40.7 Å². The van der Waals surface area contributed by atoms with Gasteiger partial charge in [0.25, 0.3) is 0 Å². The van der Waals surface area contributed by atoms with Gasteiger partial charge in [-0.1, -0.05) is 32.8 Å². The normalized spacial score (nSPS) is 26.7. The number of carbonyl (C=O) groups is 1. The van der Waals surface area contributed by atoms with E-state index in [4.69, 9.17) is 14.0 Å². The van der Waals surface area contributed by atoms with Gasteiger partial charge in [0, 0.05) is 13.1 Å². The van der Waals surface area contributed by atoms with Crippen LogP contribution in [0.2, 0.25) is 0 Å². The molecule has 2 aliphatic heterocycles. The number of hydrogen-bond acceptors (Lipinski definition) is 4. The maximum atomic E-state index is 12.2. The van der Waals surface area contributed by atoms with Crippen LogP contribution in [0.3, 0.4) is 0 Å². The average Bonchev–Trinajstić information content (AvgIpc) is 2.75. The lowest BCUT2D eigenvalue weighted by atomic mass is 9.74. The van der Waals surface area contributed by atoms with Crippen molar-refractivity contribution in [2.24, 2.45) is 5.92 Å². The summed E-state index contributed by atoms with van der Waals surface area (Å²) in [5.74, 6) is 0.602. The van der Waals surface area contributed by atoms with Crippen LogP contribution in [-0.2, 0) is 14.0 Å². The Bertz CT molecular complexity index is 569. The summed E-state index contributed by atoms with van der Waals surface area (Å²) in [6.07, 6.45) is 5.93. The van der Waals surface area contributed by atoms with Gasteiger partial charge in [-0.25, -0.2) is 4.79 Å². The summed E-state index contributed by atoms with van der Waals surface area (Å²) in [6.45, 7) is 17.8. The monoisotopic (exact) mass is 379 g/mol. The second-order valence-electron chi connectivity index (χ2n) is 9.86. The lowest BCUT2D eigenvalue weighted by Crippen LogP contribution is -2.45. The molecule has 0 N–H and O–H groups in total. The van der Waals surface area contributed by atoms with E-state index in [1.165, 1.54) is 12.8 Å². The Morgan fingerprint density at radius 1 is 1.33 bits per heavy atom. The van der Waals surface area contributed by atoms with Crippen LogP contribution in [0.4, 0.5) is 4.79 Å². The van der Waals surface area contributed by atoms with Crippen LogP contribution in [0, 0.1) is 5.92 Å². The predicted octanol–water partition coefficient (Wildman–Crippen LogP) is 4.99. The van der Waals surface area contributed by atoms with E-state index in [0.29, 0.717) is 19.0 Å². The minimum atomic E-state index is -0.472. The SMILES string of the molecule is CCCC(C)CC1(C)OB(C2=CCN(C(=O)OC(C)(C)C)CC2)OC1(C)C. The summed E-state index contributed by atoms with van der Waals surface area (Å²) in [6, 6.07) is 0. The number of nitrogens with zero attached hydrogens (tertiary/aromatic N) is 1. The number of rotatable bonds is 5. The quantitative estimate of drug-likeness (QED) is 0.632. The molecule has 2 rings (SSSR count). The highest BCUT2D eigenvalue weighted by atomic mass is 16.7. The fourth-order valence-electron chi connectivity index (χ4n) is 3.89. The molecule has 0 aromatic heterocycles. The third kappa shape index (κ3) is 5.51. The van der Waals surface area contributed by atoms with Crippen molar-refractivity contribution in [1.82, 2.24) is 4.90 Å². The Hall–Kier alpha value is -1.01. The predicted molar refractivity (Wildman–Crippen MR) is 110 cm³/mol. The molecule has 0 bridgehead atoms. The highest BCUT2D eigenvalue weighted by molar-refractivity contribution is 6.54. The first-order valence-electron chi connectivity index (χ1n) is 10.4. The molecule has 0 saturated carbocycles. The zero-order chi connectivity index (χ0) is 20.5. The first-order chi connectivity index (χ1) is 12.4. The summed E-state index contributed by atoms with van der Waals surface area (Å²) in [5, 5.41) is 0. The second-order valence-corrected chi connectivity index (χ2v) is 9.86. The van der Waals surface area contributed by atoms with Crippen molar-refractivity contribution in [3.63, 3.8) is 0 Å². The van der Waals surface area contributed by atoms with Crippen LogP contribution in [0.25, 0.3) is 0 Å². The van der Waals surface area contributed by atoms with Crippen LogP contribution in [0.5, 0.6) is 0 Å². The minimum absolute atomic E-state index is 0.260. The fourth-order valence-corrected chi connectivity index (χ4v) is 3.89. The van der Waals surface area contributed by atoms with Gasteiger partial charge in [0.15, 0.2) is 0 Å². The molecule has 2 atom stereocenters. The van der Waals surface area contributed by atoms with E-state index >= 15 is 0 Å². The van der Waals surface area contributed by atoms with Gasteiger partial charge >= 0.3 is 13.2 Å². The summed E-state index contributed by atoms with van der Waals surface area (Å²) in [7, 11) is -0.320. The molecule has 0 radical (unpaired) electrons. The molecule has 0 spiro atoms. The molecule has 0 aromatic carbocycles. The average molecular weight is 379 g/mol. The zero-order valence-electron chi connectivity index (χ0n) is 18.6. The van der Waals surface area contributed by atoms with Crippen LogP contribution in [-0.4, -0.2) is 48.0 Å². The minimum Gasteiger partial charge on any atom is -0.444 e. The van der Waals surface area contributed by atoms with Crippen molar-refractivity contribution in [3.05, 3.63) is 11.5 Å². The van der Waals surface area contributed by atoms with Crippen molar-refractivity contribution < 1.29 is 18.8 Å². The van der Waals surface area contributed by atoms with Crippen LogP contribution in [0.1, 0.15) is 81.1 Å². The lowest BCUT2D eigenvalue weighted by molar-refractivity contribution is -0.0261. The van der Waals surface area contributed by atoms with E-state index in [9.17, 15) is 4.79 Å². The molecule has 2 aliphatic rings. The zero-order valence-corrected chi connectivity index (χ0v) is 18.6. The molecule has 27 heavy (non-hydrogen) atoms. The summed E-state index contributed by atoms with van der Waals surface area (Å²) in [5.41, 5.74) is 0.00702. The third-order valence-corrected chi connectivity index (χ3v) is 5.76. The van der Waals surface area contributed by atoms with Crippen molar-refractivity contribution in [3.8, 4) is 0 Å². The maximum absolute atomic E-state index is 12.2. The number of hydrogen-bond donors (Lipinski definition) is 0. The Balaban J connectivity index is 2.01. The highest BCUT2D eigenvalue weighted by Gasteiger charge is 2.55. The Morgan fingerprint density at radius 2 is 2.00 bits per heavy atom. The molecule has 0 aliphatic carbocycles. The third-order valence-electron chi connectivity index (χ3n) is 5.76. The van der Waals surface area contributed by atoms with Crippen molar-refractivity contribution in [1.29, 1.82) is 0 Å². The van der Waals surface area contributed by atoms with Gasteiger partial charge in [-0.3, -0.25) is 0 Å². The standard InChI is InChI=1S/C21H38BNO4/c1-9-10-16(2)15-21(8)20(6,7)26-22(27-21)17-11-13-23(14-12-17)18(24)25-19(3,4)5/h11,16H,9-10,12-15H2,1-8H3. The van der Waals surface area contributed by atoms with Crippen molar-refractivity contribution in [2.45, 2.75) is 97.9 Å². The van der Waals surface area contributed by atoms with Gasteiger partial charge < -0.3 is 18.9 Å². The van der Waals surface area contributed by atoms with E-state index < -0.39 is 5.60 Å². The van der Waals surface area contributed by atoms with E-state index in [1.807, 2.05) is 20.8 Å². The molecule has 6 heteroatoms. The number of amides is 1. The van der Waals surface area contributed by atoms with E-state index in [-0.39, 0.29) is 24.4 Å². The Morgan fingerprint density at radius 3 is 2.52 bits per heavy atom. The van der Waals surface area contributed by atoms with Crippen LogP contribution >= 0.6 is 0 Å². The summed E-state index contributed by atoms with van der Waals surface area (Å²) in [4.78, 5) is 14.0. The molecular formula is C21H38BNO4. The molecule has 2 heterocycles. The number of carbonyl (C=O) groups excluding carboxylic acids is 1. The molecule has 5 nitrogen and oxygen atoms in total. The molecule has 1 saturated heterocycles. The summed E-state index contributed by atoms with van der Waals surface area (Å²) >= 11 is 0. The largest absolute Gasteiger partial charge is 0.490 e. The fraction of sp³-hybridized carbons (Fsp3) is 0.857. The van der Waals surface area contributed by atoms with E-state index in [1.54, 1.807) is 4.90 Å². The molecule has 1 amide bonds. The molecular weight excluding hydrogens is 341 g/mol. The van der Waals surface area contributed by atoms with Crippen molar-refractivity contribution in [2.75, 3.05) is 13.1 Å². The van der Waals surface area contributed by atoms with Gasteiger partial charge in [0.2, 0.25) is 0 Å². The van der Waals surface area contributed by atoms with Crippen molar-refractivity contribution >= 4 is 13.2 Å². The Kier molecular flexibility index (Phi) is 6.74. The van der Waals surface area contributed by atoms with E-state index in [0.717, 1.165) is 18.3 Å². The van der Waals surface area contributed by atoms with Crippen LogP contribution in [0.15, 0.2) is 11.5 Å². The smallest absolute Gasteiger partial charge is 0.444 e. The molecule has 0 aromatic rings. The van der Waals surface area contributed by atoms with Gasteiger partial charge in [-0.05, 0) is 65.8 Å². The lowest BCUT2D eigenvalue weighted by Gasteiger charge is -2.38. The molecule has 1 fully saturated rings. The second kappa shape index (κ2) is 8.16. The van der Waals surface area contributed by atoms with Gasteiger partial charge in [0.1, 0.15) is 5.60 Å². The topological polar surface area (TPSA) is 48.0 Å². The highest BCUT2D eigenvalue weighted by Crippen LogP contribution is 2.44. The number of ether oxygens (including phenoxy) is 1. The molecule has 154 valence electrons. The first-order valence-corrected chi connectivity index (χ1v) is 10.4. The first kappa shape index (κ1) is 22.3. The van der Waals surface area contributed by atoms with Crippen LogP contribution < -0.4 is 0 Å². The van der Waals surface area contributed by atoms with Gasteiger partial charge in [-0.15, -0.1) is 0 Å². The summed E-state index contributed by atoms with van der Waals surface area (Å²) < 4.78 is 18.3. The Labute approximate surface area is 165 Å². The van der Waals surface area contributed by atoms with Gasteiger partial charge in [0.05, 0.1) is 11.2 Å². The van der Waals surface area contributed by atoms with Gasteiger partial charge in [-0.2, -0.15) is 0 Å². The molecule has 2 unspecified atom stereocenters.